The van der Waals surface area contributed by atoms with Crippen molar-refractivity contribution in [2.75, 3.05) is 13.2 Å². The molecule has 3 nitrogen and oxygen atoms in total. The molecule has 110 valence electrons. The van der Waals surface area contributed by atoms with Gasteiger partial charge in [-0.1, -0.05) is 0 Å². The third-order valence-corrected chi connectivity index (χ3v) is 4.66. The Hall–Kier alpha value is -0.330. The van der Waals surface area contributed by atoms with Crippen LogP contribution in [0.15, 0.2) is 0 Å². The fourth-order valence-corrected chi connectivity index (χ4v) is 3.84. The first-order valence-corrected chi connectivity index (χ1v) is 7.03. The molecule has 0 aliphatic carbocycles. The Balaban J connectivity index is 1.87. The molecule has 0 aromatic rings. The molecule has 3 atom stereocenters. The predicted octanol–water partition coefficient (Wildman–Crippen LogP) is 2.70. The van der Waals surface area contributed by atoms with Crippen molar-refractivity contribution in [2.45, 2.75) is 69.1 Å². The third kappa shape index (κ3) is 2.38. The molecule has 0 amide bonds. The zero-order chi connectivity index (χ0) is 13.7. The lowest BCUT2D eigenvalue weighted by molar-refractivity contribution is -0.319. The summed E-state index contributed by atoms with van der Waals surface area (Å²) >= 11 is 0. The first-order chi connectivity index (χ1) is 8.91. The van der Waals surface area contributed by atoms with Gasteiger partial charge in [0.1, 0.15) is 6.04 Å². The fraction of sp³-hybridized carbons (Fsp3) is 1.00. The molecule has 1 spiro atoms. The predicted molar refractivity (Wildman–Crippen MR) is 62.7 cm³/mol. The van der Waals surface area contributed by atoms with Gasteiger partial charge in [-0.05, 0) is 26.2 Å². The summed E-state index contributed by atoms with van der Waals surface area (Å²) in [6.07, 6.45) is -1.32. The summed E-state index contributed by atoms with van der Waals surface area (Å²) in [6.45, 7) is 2.90. The topological polar surface area (TPSA) is 21.7 Å². The Morgan fingerprint density at radius 2 is 1.79 bits per heavy atom. The lowest BCUT2D eigenvalue weighted by Gasteiger charge is -2.50. The SMILES string of the molecule is CC1CCC2CC3(CC(C(F)(F)F)N12)OCCCO3. The van der Waals surface area contributed by atoms with Crippen LogP contribution in [-0.2, 0) is 9.47 Å². The number of fused-ring (bicyclic) bond motifs is 1. The van der Waals surface area contributed by atoms with Gasteiger partial charge < -0.3 is 9.47 Å². The van der Waals surface area contributed by atoms with E-state index < -0.39 is 18.0 Å². The first kappa shape index (κ1) is 13.6. The minimum atomic E-state index is -4.21. The van der Waals surface area contributed by atoms with Crippen LogP contribution in [0.1, 0.15) is 39.0 Å². The van der Waals surface area contributed by atoms with Crippen LogP contribution < -0.4 is 0 Å². The Morgan fingerprint density at radius 3 is 2.42 bits per heavy atom. The Morgan fingerprint density at radius 1 is 1.11 bits per heavy atom. The van der Waals surface area contributed by atoms with Gasteiger partial charge in [0.2, 0.25) is 0 Å². The van der Waals surface area contributed by atoms with Crippen molar-refractivity contribution in [3.8, 4) is 0 Å². The molecule has 6 heteroatoms. The van der Waals surface area contributed by atoms with Crippen LogP contribution in [0, 0.1) is 0 Å². The summed E-state index contributed by atoms with van der Waals surface area (Å²) in [6, 6.07) is -1.49. The fourth-order valence-electron chi connectivity index (χ4n) is 3.84. The van der Waals surface area contributed by atoms with Gasteiger partial charge in [-0.3, -0.25) is 4.90 Å². The van der Waals surface area contributed by atoms with Gasteiger partial charge in [-0.25, -0.2) is 0 Å². The third-order valence-electron chi connectivity index (χ3n) is 4.66. The molecule has 0 bridgehead atoms. The normalized spacial score (nSPS) is 39.5. The van der Waals surface area contributed by atoms with Crippen molar-refractivity contribution in [2.24, 2.45) is 0 Å². The maximum atomic E-state index is 13.3. The molecule has 0 saturated carbocycles. The summed E-state index contributed by atoms with van der Waals surface area (Å²) in [5.41, 5.74) is 0. The summed E-state index contributed by atoms with van der Waals surface area (Å²) in [4.78, 5) is 1.65. The molecular weight excluding hydrogens is 259 g/mol. The van der Waals surface area contributed by atoms with E-state index >= 15 is 0 Å². The minimum Gasteiger partial charge on any atom is -0.350 e. The van der Waals surface area contributed by atoms with E-state index in [0.29, 0.717) is 19.6 Å². The van der Waals surface area contributed by atoms with Gasteiger partial charge in [0.05, 0.1) is 13.2 Å². The number of hydrogen-bond acceptors (Lipinski definition) is 3. The second-order valence-electron chi connectivity index (χ2n) is 5.95. The summed E-state index contributed by atoms with van der Waals surface area (Å²) in [5.74, 6) is -0.996. The maximum Gasteiger partial charge on any atom is 0.404 e. The zero-order valence-corrected chi connectivity index (χ0v) is 11.1. The Kier molecular flexibility index (Phi) is 3.30. The molecule has 0 aromatic carbocycles. The van der Waals surface area contributed by atoms with E-state index in [1.54, 1.807) is 4.90 Å². The van der Waals surface area contributed by atoms with Crippen molar-refractivity contribution in [3.63, 3.8) is 0 Å². The van der Waals surface area contributed by atoms with Crippen LogP contribution in [0.25, 0.3) is 0 Å². The molecule has 0 aromatic heterocycles. The van der Waals surface area contributed by atoms with E-state index in [2.05, 4.69) is 0 Å². The van der Waals surface area contributed by atoms with Gasteiger partial charge in [-0.2, -0.15) is 13.2 Å². The van der Waals surface area contributed by atoms with Crippen molar-refractivity contribution in [1.82, 2.24) is 4.90 Å². The highest BCUT2D eigenvalue weighted by molar-refractivity contribution is 5.02. The smallest absolute Gasteiger partial charge is 0.350 e. The second kappa shape index (κ2) is 4.60. The molecule has 3 aliphatic rings. The van der Waals surface area contributed by atoms with Gasteiger partial charge >= 0.3 is 6.18 Å². The molecule has 3 unspecified atom stereocenters. The quantitative estimate of drug-likeness (QED) is 0.680. The lowest BCUT2D eigenvalue weighted by atomic mass is 9.89. The van der Waals surface area contributed by atoms with Crippen molar-refractivity contribution < 1.29 is 22.6 Å². The molecule has 19 heavy (non-hydrogen) atoms. The van der Waals surface area contributed by atoms with E-state index in [1.807, 2.05) is 6.92 Å². The maximum absolute atomic E-state index is 13.3. The molecule has 3 fully saturated rings. The van der Waals surface area contributed by atoms with Crippen LogP contribution >= 0.6 is 0 Å². The van der Waals surface area contributed by atoms with Gasteiger partial charge in [0.15, 0.2) is 5.79 Å². The van der Waals surface area contributed by atoms with E-state index in [9.17, 15) is 13.2 Å². The number of nitrogens with zero attached hydrogens (tertiary/aromatic N) is 1. The van der Waals surface area contributed by atoms with Gasteiger partial charge in [-0.15, -0.1) is 0 Å². The largest absolute Gasteiger partial charge is 0.404 e. The van der Waals surface area contributed by atoms with E-state index in [-0.39, 0.29) is 18.5 Å². The highest BCUT2D eigenvalue weighted by Crippen LogP contribution is 2.47. The van der Waals surface area contributed by atoms with Crippen LogP contribution in [0.2, 0.25) is 0 Å². The number of alkyl halides is 3. The highest BCUT2D eigenvalue weighted by atomic mass is 19.4. The standard InChI is InChI=1S/C13H20F3NO2/c1-9-3-4-10-7-12(18-5-2-6-19-12)8-11(17(9)10)13(14,15)16/h9-11H,2-8H2,1H3. The monoisotopic (exact) mass is 279 g/mol. The number of halogens is 3. The van der Waals surface area contributed by atoms with E-state index in [1.165, 1.54) is 0 Å². The van der Waals surface area contributed by atoms with Crippen LogP contribution in [-0.4, -0.2) is 48.2 Å². The van der Waals surface area contributed by atoms with Crippen molar-refractivity contribution in [3.05, 3.63) is 0 Å². The average Bonchev–Trinajstić information content (AvgIpc) is 2.69. The van der Waals surface area contributed by atoms with Crippen molar-refractivity contribution in [1.29, 1.82) is 0 Å². The van der Waals surface area contributed by atoms with Gasteiger partial charge in [0, 0.05) is 24.9 Å². The number of piperidine rings is 1. The van der Waals surface area contributed by atoms with Crippen LogP contribution in [0.3, 0.4) is 0 Å². The molecule has 0 radical (unpaired) electrons. The molecule has 0 N–H and O–H groups in total. The number of ether oxygens (including phenoxy) is 2. The highest BCUT2D eigenvalue weighted by Gasteiger charge is 2.58. The summed E-state index contributed by atoms with van der Waals surface area (Å²) < 4.78 is 51.3. The molecular formula is C13H20F3NO2. The van der Waals surface area contributed by atoms with Gasteiger partial charge in [0.25, 0.3) is 0 Å². The van der Waals surface area contributed by atoms with Crippen LogP contribution in [0.4, 0.5) is 13.2 Å². The summed E-state index contributed by atoms with van der Waals surface area (Å²) in [5, 5.41) is 0. The Bertz CT molecular complexity index is 341. The van der Waals surface area contributed by atoms with E-state index in [0.717, 1.165) is 19.3 Å². The number of hydrogen-bond donors (Lipinski definition) is 0. The van der Waals surface area contributed by atoms with Crippen LogP contribution in [0.5, 0.6) is 0 Å². The molecule has 3 aliphatic heterocycles. The first-order valence-electron chi connectivity index (χ1n) is 7.03. The zero-order valence-electron chi connectivity index (χ0n) is 11.1. The van der Waals surface area contributed by atoms with Crippen molar-refractivity contribution >= 4 is 0 Å². The minimum absolute atomic E-state index is 0.00225. The molecule has 3 heterocycles. The lowest BCUT2D eigenvalue weighted by Crippen LogP contribution is -2.62. The molecule has 3 rings (SSSR count). The summed E-state index contributed by atoms with van der Waals surface area (Å²) in [7, 11) is 0. The van der Waals surface area contributed by atoms with E-state index in [4.69, 9.17) is 9.47 Å². The molecule has 3 saturated heterocycles. The second-order valence-corrected chi connectivity index (χ2v) is 5.95. The number of rotatable bonds is 0. The average molecular weight is 279 g/mol. The Labute approximate surface area is 111 Å².